The number of nitrogens with zero attached hydrogens (tertiary/aromatic N) is 1. The minimum absolute atomic E-state index is 0.283. The molecule has 1 N–H and O–H groups in total. The molecule has 0 aromatic carbocycles. The number of ether oxygens (including phenoxy) is 1. The van der Waals surface area contributed by atoms with Gasteiger partial charge >= 0.3 is 0 Å². The predicted octanol–water partition coefficient (Wildman–Crippen LogP) is 1.10. The van der Waals surface area contributed by atoms with Crippen molar-refractivity contribution in [2.75, 3.05) is 33.4 Å². The third kappa shape index (κ3) is 2.94. The fraction of sp³-hybridized carbons (Fsp3) is 1.00. The van der Waals surface area contributed by atoms with E-state index in [9.17, 15) is 0 Å². The van der Waals surface area contributed by atoms with Crippen LogP contribution in [0.3, 0.4) is 0 Å². The number of hydrogen-bond acceptors (Lipinski definition) is 3. The molecule has 1 saturated heterocycles. The third-order valence-corrected chi connectivity index (χ3v) is 3.14. The van der Waals surface area contributed by atoms with E-state index in [0.717, 1.165) is 32.7 Å². The van der Waals surface area contributed by atoms with Crippen molar-refractivity contribution >= 4 is 0 Å². The van der Waals surface area contributed by atoms with E-state index in [4.69, 9.17) is 4.74 Å². The van der Waals surface area contributed by atoms with Crippen molar-refractivity contribution < 1.29 is 4.74 Å². The lowest BCUT2D eigenvalue weighted by molar-refractivity contribution is 0.0370. The molecule has 1 atom stereocenters. The van der Waals surface area contributed by atoms with Gasteiger partial charge in [-0.15, -0.1) is 0 Å². The van der Waals surface area contributed by atoms with Gasteiger partial charge in [0.2, 0.25) is 0 Å². The van der Waals surface area contributed by atoms with Gasteiger partial charge in [0.15, 0.2) is 0 Å². The van der Waals surface area contributed by atoms with Crippen LogP contribution in [0.5, 0.6) is 0 Å². The molecule has 3 heteroatoms. The van der Waals surface area contributed by atoms with Crippen molar-refractivity contribution in [3.05, 3.63) is 0 Å². The lowest BCUT2D eigenvalue weighted by atomic mass is 9.97. The Morgan fingerprint density at radius 1 is 1.50 bits per heavy atom. The first-order valence-corrected chi connectivity index (χ1v) is 5.54. The Kier molecular flexibility index (Phi) is 4.35. The summed E-state index contributed by atoms with van der Waals surface area (Å²) in [5, 5.41) is 3.44. The maximum absolute atomic E-state index is 5.13. The summed E-state index contributed by atoms with van der Waals surface area (Å²) in [5.41, 5.74) is 0.283. The summed E-state index contributed by atoms with van der Waals surface area (Å²) in [5.74, 6) is 0. The molecule has 0 radical (unpaired) electrons. The molecule has 1 heterocycles. The van der Waals surface area contributed by atoms with Crippen molar-refractivity contribution in [2.24, 2.45) is 0 Å². The summed E-state index contributed by atoms with van der Waals surface area (Å²) in [6, 6.07) is 0.618. The molecule has 0 spiro atoms. The first-order valence-electron chi connectivity index (χ1n) is 5.54. The summed E-state index contributed by atoms with van der Waals surface area (Å²) >= 11 is 0. The van der Waals surface area contributed by atoms with Crippen molar-refractivity contribution in [3.8, 4) is 0 Å². The first kappa shape index (κ1) is 12.0. The number of methoxy groups -OCH3 is 1. The van der Waals surface area contributed by atoms with Crippen LogP contribution in [0.15, 0.2) is 0 Å². The molecule has 0 amide bonds. The molecule has 0 aromatic heterocycles. The molecule has 0 aromatic rings. The van der Waals surface area contributed by atoms with Crippen LogP contribution in [-0.2, 0) is 4.74 Å². The zero-order chi connectivity index (χ0) is 10.6. The van der Waals surface area contributed by atoms with Gasteiger partial charge < -0.3 is 10.1 Å². The molecular formula is C11H24N2O. The Hall–Kier alpha value is -0.120. The Morgan fingerprint density at radius 2 is 2.21 bits per heavy atom. The van der Waals surface area contributed by atoms with Gasteiger partial charge in [-0.3, -0.25) is 4.90 Å². The van der Waals surface area contributed by atoms with E-state index < -0.39 is 0 Å². The van der Waals surface area contributed by atoms with Crippen molar-refractivity contribution in [1.29, 1.82) is 0 Å². The average Bonchev–Trinajstić information content (AvgIpc) is 2.13. The van der Waals surface area contributed by atoms with Crippen molar-refractivity contribution in [1.82, 2.24) is 10.2 Å². The summed E-state index contributed by atoms with van der Waals surface area (Å²) < 4.78 is 5.13. The van der Waals surface area contributed by atoms with Crippen LogP contribution in [0.2, 0.25) is 0 Å². The van der Waals surface area contributed by atoms with E-state index in [1.165, 1.54) is 0 Å². The minimum Gasteiger partial charge on any atom is -0.385 e. The predicted molar refractivity (Wildman–Crippen MR) is 59.6 cm³/mol. The summed E-state index contributed by atoms with van der Waals surface area (Å²) in [6.45, 7) is 11.1. The zero-order valence-electron chi connectivity index (χ0n) is 9.97. The van der Waals surface area contributed by atoms with Gasteiger partial charge in [-0.05, 0) is 27.2 Å². The SMILES string of the molecule is COCCC(C)N1CCNCC1(C)C. The van der Waals surface area contributed by atoms with E-state index >= 15 is 0 Å². The van der Waals surface area contributed by atoms with Gasteiger partial charge in [-0.1, -0.05) is 0 Å². The second kappa shape index (κ2) is 5.10. The van der Waals surface area contributed by atoms with Crippen LogP contribution in [-0.4, -0.2) is 49.8 Å². The normalized spacial score (nSPS) is 24.9. The second-order valence-corrected chi connectivity index (χ2v) is 4.81. The quantitative estimate of drug-likeness (QED) is 0.735. The Bertz CT molecular complexity index is 171. The van der Waals surface area contributed by atoms with Gasteiger partial charge in [-0.2, -0.15) is 0 Å². The highest BCUT2D eigenvalue weighted by Gasteiger charge is 2.32. The Balaban J connectivity index is 2.46. The molecule has 0 saturated carbocycles. The maximum atomic E-state index is 5.13. The van der Waals surface area contributed by atoms with Crippen molar-refractivity contribution in [2.45, 2.75) is 38.8 Å². The van der Waals surface area contributed by atoms with Gasteiger partial charge in [0.05, 0.1) is 0 Å². The fourth-order valence-corrected chi connectivity index (χ4v) is 2.26. The van der Waals surface area contributed by atoms with Crippen LogP contribution in [0.1, 0.15) is 27.2 Å². The van der Waals surface area contributed by atoms with E-state index in [1.54, 1.807) is 7.11 Å². The van der Waals surface area contributed by atoms with Crippen LogP contribution >= 0.6 is 0 Å². The number of rotatable bonds is 4. The number of hydrogen-bond donors (Lipinski definition) is 1. The zero-order valence-corrected chi connectivity index (χ0v) is 9.97. The lowest BCUT2D eigenvalue weighted by Crippen LogP contribution is -2.60. The molecule has 84 valence electrons. The molecule has 1 aliphatic rings. The molecule has 1 aliphatic heterocycles. The molecule has 1 rings (SSSR count). The average molecular weight is 200 g/mol. The first-order chi connectivity index (χ1) is 6.58. The number of piperazine rings is 1. The van der Waals surface area contributed by atoms with E-state index in [2.05, 4.69) is 31.0 Å². The molecule has 0 aliphatic carbocycles. The number of nitrogens with one attached hydrogen (secondary N) is 1. The largest absolute Gasteiger partial charge is 0.385 e. The van der Waals surface area contributed by atoms with Crippen LogP contribution < -0.4 is 5.32 Å². The van der Waals surface area contributed by atoms with Crippen LogP contribution in [0, 0.1) is 0 Å². The fourth-order valence-electron chi connectivity index (χ4n) is 2.26. The Morgan fingerprint density at radius 3 is 2.79 bits per heavy atom. The second-order valence-electron chi connectivity index (χ2n) is 4.81. The van der Waals surface area contributed by atoms with Crippen molar-refractivity contribution in [3.63, 3.8) is 0 Å². The van der Waals surface area contributed by atoms with E-state index in [-0.39, 0.29) is 5.54 Å². The van der Waals surface area contributed by atoms with Gasteiger partial charge in [-0.25, -0.2) is 0 Å². The molecule has 14 heavy (non-hydrogen) atoms. The molecule has 0 bridgehead atoms. The smallest absolute Gasteiger partial charge is 0.0477 e. The maximum Gasteiger partial charge on any atom is 0.0477 e. The Labute approximate surface area is 87.8 Å². The topological polar surface area (TPSA) is 24.5 Å². The highest BCUT2D eigenvalue weighted by molar-refractivity contribution is 4.90. The highest BCUT2D eigenvalue weighted by atomic mass is 16.5. The highest BCUT2D eigenvalue weighted by Crippen LogP contribution is 2.20. The molecular weight excluding hydrogens is 176 g/mol. The van der Waals surface area contributed by atoms with E-state index in [0.29, 0.717) is 6.04 Å². The van der Waals surface area contributed by atoms with Crippen LogP contribution in [0.25, 0.3) is 0 Å². The minimum atomic E-state index is 0.283. The molecule has 1 unspecified atom stereocenters. The standard InChI is InChI=1S/C11H24N2O/c1-10(5-8-14-4)13-7-6-12-9-11(13,2)3/h10,12H,5-9H2,1-4H3. The monoisotopic (exact) mass is 200 g/mol. The molecule has 1 fully saturated rings. The third-order valence-electron chi connectivity index (χ3n) is 3.14. The van der Waals surface area contributed by atoms with Gasteiger partial charge in [0, 0.05) is 44.9 Å². The van der Waals surface area contributed by atoms with Gasteiger partial charge in [0.25, 0.3) is 0 Å². The molecule has 3 nitrogen and oxygen atoms in total. The summed E-state index contributed by atoms with van der Waals surface area (Å²) in [7, 11) is 1.77. The lowest BCUT2D eigenvalue weighted by Gasteiger charge is -2.46. The van der Waals surface area contributed by atoms with E-state index in [1.807, 2.05) is 0 Å². The van der Waals surface area contributed by atoms with Gasteiger partial charge in [0.1, 0.15) is 0 Å². The van der Waals surface area contributed by atoms with Crippen LogP contribution in [0.4, 0.5) is 0 Å². The summed E-state index contributed by atoms with van der Waals surface area (Å²) in [4.78, 5) is 2.59. The summed E-state index contributed by atoms with van der Waals surface area (Å²) in [6.07, 6.45) is 1.12.